The maximum Gasteiger partial charge on any atom is 0.331 e. The topological polar surface area (TPSA) is 17.0 Å². The lowest BCUT2D eigenvalue weighted by molar-refractivity contribution is 0.332. The van der Waals surface area contributed by atoms with Crippen molar-refractivity contribution in [2.45, 2.75) is 91.4 Å². The number of aryl methyl sites for hydroxylation is 3. The Balaban J connectivity index is 1.21. The number of para-hydroxylation sites is 1. The van der Waals surface area contributed by atoms with Gasteiger partial charge in [0.2, 0.25) is 0 Å². The van der Waals surface area contributed by atoms with Crippen molar-refractivity contribution >= 4 is 72.2 Å². The van der Waals surface area contributed by atoms with E-state index in [4.69, 9.17) is 0 Å². The van der Waals surface area contributed by atoms with Crippen LogP contribution in [0, 0.1) is 20.8 Å². The summed E-state index contributed by atoms with van der Waals surface area (Å²) in [6.07, 6.45) is 9.73. The van der Waals surface area contributed by atoms with Gasteiger partial charge in [0.25, 0.3) is 0 Å². The van der Waals surface area contributed by atoms with Gasteiger partial charge in [-0.1, -0.05) is 139 Å². The van der Waals surface area contributed by atoms with Crippen molar-refractivity contribution in [2.24, 2.45) is 0 Å². The molecule has 1 N–H and O–H groups in total. The van der Waals surface area contributed by atoms with Crippen molar-refractivity contribution in [3.63, 3.8) is 0 Å². The van der Waals surface area contributed by atoms with Gasteiger partial charge >= 0.3 is 6.85 Å². The van der Waals surface area contributed by atoms with Crippen LogP contribution in [0.3, 0.4) is 0 Å². The quantitative estimate of drug-likeness (QED) is 0.176. The Morgan fingerprint density at radius 2 is 1.32 bits per heavy atom. The van der Waals surface area contributed by atoms with Gasteiger partial charge < -0.3 is 9.79 Å². The number of hydrogen-bond acceptors (Lipinski definition) is 2. The van der Waals surface area contributed by atoms with Crippen LogP contribution < -0.4 is 10.8 Å². The van der Waals surface area contributed by atoms with E-state index in [0.29, 0.717) is 0 Å². The highest BCUT2D eigenvalue weighted by Crippen LogP contribution is 2.54. The molecule has 62 heavy (non-hydrogen) atoms. The van der Waals surface area contributed by atoms with Gasteiger partial charge in [-0.25, -0.2) is 0 Å². The molecule has 8 aromatic rings. The smallest absolute Gasteiger partial charge is 0.331 e. The molecular weight excluding hydrogens is 768 g/mol. The van der Waals surface area contributed by atoms with E-state index in [2.05, 4.69) is 200 Å². The number of allylic oxidation sites excluding steroid dienone is 4. The molecule has 2 aliphatic heterocycles. The lowest BCUT2D eigenvalue weighted by atomic mass is 9.42. The highest BCUT2D eigenvalue weighted by atomic mass is 32.1. The summed E-state index contributed by atoms with van der Waals surface area (Å²) in [6.45, 7) is 21.4. The normalized spacial score (nSPS) is 18.7. The molecule has 4 aliphatic rings. The Morgan fingerprint density at radius 1 is 0.645 bits per heavy atom. The van der Waals surface area contributed by atoms with E-state index in [1.165, 1.54) is 139 Å². The third kappa shape index (κ3) is 5.11. The second kappa shape index (κ2) is 12.9. The van der Waals surface area contributed by atoms with Gasteiger partial charge in [0.1, 0.15) is 0 Å². The SMILES string of the molecule is Cc1cc2c(cc1N/C=C1\B3c4c(cc(-c5c(C)cccc5C)cc4-c4cccc5c6c7ccccc7sc6n3c45)/C=C\C3=C1C(C)(C)c1ccccc13)C(C)(C)CCC2(C)C. The molecule has 0 saturated carbocycles. The average molecular weight is 821 g/mol. The lowest BCUT2D eigenvalue weighted by Gasteiger charge is -2.42. The second-order valence-corrected chi connectivity index (χ2v) is 21.6. The summed E-state index contributed by atoms with van der Waals surface area (Å²) in [5.74, 6) is 0. The molecule has 12 rings (SSSR count). The zero-order chi connectivity index (χ0) is 42.6. The van der Waals surface area contributed by atoms with Crippen molar-refractivity contribution in [3.8, 4) is 22.3 Å². The molecule has 0 bridgehead atoms. The van der Waals surface area contributed by atoms with Crippen molar-refractivity contribution < 1.29 is 0 Å². The molecule has 0 radical (unpaired) electrons. The third-order valence-electron chi connectivity index (χ3n) is 15.5. The van der Waals surface area contributed by atoms with Crippen LogP contribution in [0.2, 0.25) is 0 Å². The van der Waals surface area contributed by atoms with Gasteiger partial charge in [0.15, 0.2) is 0 Å². The van der Waals surface area contributed by atoms with Gasteiger partial charge in [-0.15, -0.1) is 11.3 Å². The molecule has 0 amide bonds. The monoisotopic (exact) mass is 820 g/mol. The standard InChI is InChI=1S/C58H53BN2S/c1-33-16-14-17-34(2)50(33)37-29-36-24-25-39-38-18-10-12-22-44(38)58(8,9)52(39)47(32-60-48-31-46-45(28-35(48)3)56(4,5)26-27-57(46,6)7)59-53(36)43(30-37)40-20-15-21-42-51-41-19-11-13-23-49(41)62-55(51)61(59)54(40)42/h10-25,28-32,60H,26-27H2,1-9H3/b25-24-,47-32-. The number of aromatic nitrogens is 1. The van der Waals surface area contributed by atoms with Crippen molar-refractivity contribution in [3.05, 3.63) is 177 Å². The van der Waals surface area contributed by atoms with Crippen LogP contribution in [-0.2, 0) is 16.2 Å². The number of nitrogens with zero attached hydrogens (tertiary/aromatic N) is 1. The largest absolute Gasteiger partial charge is 0.367 e. The molecule has 0 fully saturated rings. The predicted molar refractivity (Wildman–Crippen MR) is 270 cm³/mol. The van der Waals surface area contributed by atoms with E-state index >= 15 is 0 Å². The Kier molecular flexibility index (Phi) is 7.86. The molecule has 2 nitrogen and oxygen atoms in total. The molecule has 0 unspecified atom stereocenters. The molecular formula is C58H53BN2S. The summed E-state index contributed by atoms with van der Waals surface area (Å²) in [5, 5.41) is 8.16. The minimum absolute atomic E-state index is 0.0978. The van der Waals surface area contributed by atoms with E-state index in [9.17, 15) is 0 Å². The highest BCUT2D eigenvalue weighted by Gasteiger charge is 2.47. The Hall–Kier alpha value is -5.84. The number of hydrogen-bond donors (Lipinski definition) is 1. The summed E-state index contributed by atoms with van der Waals surface area (Å²) in [4.78, 5) is 1.34. The fraction of sp³-hybridized carbons (Fsp3) is 0.241. The minimum Gasteiger partial charge on any atom is -0.367 e. The Bertz CT molecular complexity index is 3370. The molecule has 0 atom stereocenters. The first-order valence-corrected chi connectivity index (χ1v) is 23.4. The molecule has 304 valence electrons. The van der Waals surface area contributed by atoms with Crippen molar-refractivity contribution in [1.82, 2.24) is 4.48 Å². The zero-order valence-electron chi connectivity index (χ0n) is 37.5. The van der Waals surface area contributed by atoms with E-state index in [-0.39, 0.29) is 23.1 Å². The summed E-state index contributed by atoms with van der Waals surface area (Å²) >= 11 is 1.95. The van der Waals surface area contributed by atoms with Gasteiger partial charge in [0.05, 0.1) is 4.83 Å². The second-order valence-electron chi connectivity index (χ2n) is 20.6. The molecule has 4 heterocycles. The van der Waals surface area contributed by atoms with Gasteiger partial charge in [-0.3, -0.25) is 0 Å². The minimum atomic E-state index is -0.251. The number of fused-ring (bicyclic) bond motifs is 10. The van der Waals surface area contributed by atoms with Crippen LogP contribution in [0.4, 0.5) is 5.69 Å². The first-order valence-electron chi connectivity index (χ1n) is 22.6. The van der Waals surface area contributed by atoms with Gasteiger partial charge in [0, 0.05) is 43.0 Å². The zero-order valence-corrected chi connectivity index (χ0v) is 38.3. The summed E-state index contributed by atoms with van der Waals surface area (Å²) in [5.41, 5.74) is 24.1. The van der Waals surface area contributed by atoms with Gasteiger partial charge in [-0.2, -0.15) is 0 Å². The predicted octanol–water partition coefficient (Wildman–Crippen LogP) is 15.0. The average Bonchev–Trinajstić information content (AvgIpc) is 3.85. The Labute approximate surface area is 370 Å². The van der Waals surface area contributed by atoms with Crippen LogP contribution in [0.1, 0.15) is 98.9 Å². The van der Waals surface area contributed by atoms with Crippen LogP contribution in [0.15, 0.2) is 133 Å². The number of benzene rings is 6. The molecule has 2 aromatic heterocycles. The lowest BCUT2D eigenvalue weighted by Crippen LogP contribution is -2.47. The summed E-state index contributed by atoms with van der Waals surface area (Å²) < 4.78 is 4.10. The summed E-state index contributed by atoms with van der Waals surface area (Å²) in [6, 6.07) is 42.0. The van der Waals surface area contributed by atoms with E-state index in [0.717, 1.165) is 0 Å². The van der Waals surface area contributed by atoms with E-state index in [1.54, 1.807) is 0 Å². The third-order valence-corrected chi connectivity index (χ3v) is 16.7. The molecule has 6 aromatic carbocycles. The molecule has 4 heteroatoms. The number of thiophene rings is 1. The number of rotatable bonds is 3. The van der Waals surface area contributed by atoms with Crippen LogP contribution in [0.25, 0.3) is 65.1 Å². The van der Waals surface area contributed by atoms with E-state index < -0.39 is 0 Å². The maximum atomic E-state index is 4.11. The van der Waals surface area contributed by atoms with Crippen LogP contribution in [0.5, 0.6) is 0 Å². The number of nitrogens with one attached hydrogen (secondary N) is 1. The van der Waals surface area contributed by atoms with Crippen molar-refractivity contribution in [1.29, 1.82) is 0 Å². The molecule has 0 spiro atoms. The number of anilines is 1. The van der Waals surface area contributed by atoms with Crippen LogP contribution in [-0.4, -0.2) is 11.3 Å². The Morgan fingerprint density at radius 3 is 2.11 bits per heavy atom. The first-order chi connectivity index (χ1) is 29.7. The summed E-state index contributed by atoms with van der Waals surface area (Å²) in [7, 11) is 0. The van der Waals surface area contributed by atoms with E-state index in [1.807, 2.05) is 11.3 Å². The fourth-order valence-corrected chi connectivity index (χ4v) is 13.5. The maximum absolute atomic E-state index is 4.11. The highest BCUT2D eigenvalue weighted by molar-refractivity contribution is 7.26. The van der Waals surface area contributed by atoms with Gasteiger partial charge in [-0.05, 0) is 158 Å². The molecule has 2 aliphatic carbocycles. The first kappa shape index (κ1) is 37.9. The van der Waals surface area contributed by atoms with Crippen molar-refractivity contribution in [2.75, 3.05) is 5.32 Å². The molecule has 0 saturated heterocycles. The fourth-order valence-electron chi connectivity index (χ4n) is 12.3. The van der Waals surface area contributed by atoms with Crippen LogP contribution >= 0.6 is 11.3 Å².